The molecule has 0 unspecified atom stereocenters. The first kappa shape index (κ1) is 10.9. The summed E-state index contributed by atoms with van der Waals surface area (Å²) in [6, 6.07) is -0.0434. The lowest BCUT2D eigenvalue weighted by Gasteiger charge is -2.33. The first-order chi connectivity index (χ1) is 5.95. The van der Waals surface area contributed by atoms with E-state index in [2.05, 4.69) is 4.72 Å². The smallest absolute Gasteiger partial charge is 0.214 e. The first-order valence-electron chi connectivity index (χ1n) is 4.57. The van der Waals surface area contributed by atoms with Crippen molar-refractivity contribution in [2.24, 2.45) is 5.92 Å². The van der Waals surface area contributed by atoms with Crippen molar-refractivity contribution in [1.82, 2.24) is 4.72 Å². The minimum atomic E-state index is -3.13. The van der Waals surface area contributed by atoms with Crippen molar-refractivity contribution in [3.05, 3.63) is 0 Å². The number of rotatable bonds is 4. The molecule has 13 heavy (non-hydrogen) atoms. The van der Waals surface area contributed by atoms with Crippen LogP contribution in [0.3, 0.4) is 0 Å². The van der Waals surface area contributed by atoms with Gasteiger partial charge in [0.15, 0.2) is 0 Å². The van der Waals surface area contributed by atoms with E-state index in [0.29, 0.717) is 12.8 Å². The molecular weight excluding hydrogens is 190 g/mol. The lowest BCUT2D eigenvalue weighted by Crippen LogP contribution is -2.45. The third-order valence-corrected chi connectivity index (χ3v) is 4.35. The van der Waals surface area contributed by atoms with Crippen LogP contribution in [0.2, 0.25) is 0 Å². The van der Waals surface area contributed by atoms with Crippen molar-refractivity contribution in [1.29, 1.82) is 0 Å². The van der Waals surface area contributed by atoms with Gasteiger partial charge in [0.25, 0.3) is 0 Å². The quantitative estimate of drug-likeness (QED) is 0.686. The van der Waals surface area contributed by atoms with Gasteiger partial charge in [-0.2, -0.15) is 0 Å². The molecule has 1 aliphatic carbocycles. The van der Waals surface area contributed by atoms with E-state index in [1.165, 1.54) is 0 Å². The monoisotopic (exact) mass is 207 g/mol. The van der Waals surface area contributed by atoms with Gasteiger partial charge >= 0.3 is 0 Å². The normalized spacial score (nSPS) is 28.9. The molecular formula is C8H17NO3S. The standard InChI is InChI=1S/C8H17NO3S/c1-6(2)9-13(11,12)8-3-7(4-8)5-10/h6-10H,3-5H2,1-2H3. The van der Waals surface area contributed by atoms with Crippen molar-refractivity contribution < 1.29 is 13.5 Å². The van der Waals surface area contributed by atoms with Crippen molar-refractivity contribution in [2.75, 3.05) is 6.61 Å². The lowest BCUT2D eigenvalue weighted by atomic mass is 9.86. The molecule has 0 aromatic rings. The van der Waals surface area contributed by atoms with E-state index in [9.17, 15) is 8.42 Å². The van der Waals surface area contributed by atoms with Gasteiger partial charge in [-0.1, -0.05) is 0 Å². The van der Waals surface area contributed by atoms with Crippen LogP contribution in [0.4, 0.5) is 0 Å². The van der Waals surface area contributed by atoms with Crippen LogP contribution in [-0.4, -0.2) is 31.4 Å². The number of hydrogen-bond acceptors (Lipinski definition) is 3. The Morgan fingerprint density at radius 1 is 1.46 bits per heavy atom. The van der Waals surface area contributed by atoms with Gasteiger partial charge in [0.05, 0.1) is 5.25 Å². The zero-order valence-electron chi connectivity index (χ0n) is 8.03. The van der Waals surface area contributed by atoms with E-state index in [4.69, 9.17) is 5.11 Å². The lowest BCUT2D eigenvalue weighted by molar-refractivity contribution is 0.164. The molecule has 1 fully saturated rings. The molecule has 78 valence electrons. The summed E-state index contributed by atoms with van der Waals surface area (Å²) < 4.78 is 25.5. The molecule has 1 rings (SSSR count). The van der Waals surface area contributed by atoms with Crippen LogP contribution in [-0.2, 0) is 10.0 Å². The highest BCUT2D eigenvalue weighted by Gasteiger charge is 2.38. The summed E-state index contributed by atoms with van der Waals surface area (Å²) in [5, 5.41) is 8.45. The molecule has 1 aliphatic rings. The topological polar surface area (TPSA) is 66.4 Å². The third kappa shape index (κ3) is 2.65. The second kappa shape index (κ2) is 3.94. The maximum absolute atomic E-state index is 11.5. The molecule has 0 bridgehead atoms. The molecule has 0 aromatic carbocycles. The van der Waals surface area contributed by atoms with Crippen molar-refractivity contribution in [3.63, 3.8) is 0 Å². The maximum atomic E-state index is 11.5. The maximum Gasteiger partial charge on any atom is 0.214 e. The fourth-order valence-electron chi connectivity index (χ4n) is 1.50. The molecule has 5 heteroatoms. The SMILES string of the molecule is CC(C)NS(=O)(=O)C1CC(CO)C1. The van der Waals surface area contributed by atoms with E-state index in [1.54, 1.807) is 13.8 Å². The van der Waals surface area contributed by atoms with Crippen LogP contribution in [0.25, 0.3) is 0 Å². The Morgan fingerprint density at radius 3 is 2.38 bits per heavy atom. The predicted octanol–water partition coefficient (Wildman–Crippen LogP) is 0.0851. The molecule has 2 N–H and O–H groups in total. The second-order valence-electron chi connectivity index (χ2n) is 3.96. The number of sulfonamides is 1. The van der Waals surface area contributed by atoms with Crippen molar-refractivity contribution in [3.8, 4) is 0 Å². The van der Waals surface area contributed by atoms with Crippen LogP contribution >= 0.6 is 0 Å². The average Bonchev–Trinajstić information content (AvgIpc) is 1.79. The number of aliphatic hydroxyl groups excluding tert-OH is 1. The Kier molecular flexibility index (Phi) is 3.32. The van der Waals surface area contributed by atoms with E-state index < -0.39 is 10.0 Å². The first-order valence-corrected chi connectivity index (χ1v) is 6.12. The number of hydrogen-bond donors (Lipinski definition) is 2. The number of aliphatic hydroxyl groups is 1. The average molecular weight is 207 g/mol. The van der Waals surface area contributed by atoms with E-state index >= 15 is 0 Å². The molecule has 0 aromatic heterocycles. The molecule has 1 saturated carbocycles. The van der Waals surface area contributed by atoms with Crippen LogP contribution in [0, 0.1) is 5.92 Å². The Morgan fingerprint density at radius 2 is 2.00 bits per heavy atom. The molecule has 0 saturated heterocycles. The molecule has 0 atom stereocenters. The van der Waals surface area contributed by atoms with Crippen LogP contribution in [0.1, 0.15) is 26.7 Å². The highest BCUT2D eigenvalue weighted by molar-refractivity contribution is 7.90. The highest BCUT2D eigenvalue weighted by atomic mass is 32.2. The van der Waals surface area contributed by atoms with Crippen LogP contribution in [0.5, 0.6) is 0 Å². The predicted molar refractivity (Wildman–Crippen MR) is 50.8 cm³/mol. The molecule has 0 heterocycles. The Bertz CT molecular complexity index is 255. The van der Waals surface area contributed by atoms with Gasteiger partial charge in [-0.25, -0.2) is 13.1 Å². The van der Waals surface area contributed by atoms with E-state index in [0.717, 1.165) is 0 Å². The van der Waals surface area contributed by atoms with Crippen molar-refractivity contribution in [2.45, 2.75) is 38.0 Å². The zero-order valence-corrected chi connectivity index (χ0v) is 8.84. The minimum absolute atomic E-state index is 0.0434. The van der Waals surface area contributed by atoms with Gasteiger partial charge in [0.1, 0.15) is 0 Å². The fraction of sp³-hybridized carbons (Fsp3) is 1.00. The molecule has 0 aliphatic heterocycles. The van der Waals surface area contributed by atoms with Crippen LogP contribution in [0.15, 0.2) is 0 Å². The van der Waals surface area contributed by atoms with Gasteiger partial charge < -0.3 is 5.11 Å². The molecule has 4 nitrogen and oxygen atoms in total. The highest BCUT2D eigenvalue weighted by Crippen LogP contribution is 2.31. The Labute approximate surface area is 79.4 Å². The molecule has 0 spiro atoms. The van der Waals surface area contributed by atoms with Gasteiger partial charge in [0.2, 0.25) is 10.0 Å². The van der Waals surface area contributed by atoms with E-state index in [1.807, 2.05) is 0 Å². The van der Waals surface area contributed by atoms with Gasteiger partial charge in [-0.15, -0.1) is 0 Å². The van der Waals surface area contributed by atoms with Gasteiger partial charge in [-0.3, -0.25) is 0 Å². The second-order valence-corrected chi connectivity index (χ2v) is 5.95. The Balaban J connectivity index is 2.45. The summed E-state index contributed by atoms with van der Waals surface area (Å²) in [6.07, 6.45) is 1.19. The number of nitrogens with one attached hydrogen (secondary N) is 1. The molecule has 0 radical (unpaired) electrons. The van der Waals surface area contributed by atoms with Gasteiger partial charge in [0, 0.05) is 12.6 Å². The summed E-state index contributed by atoms with van der Waals surface area (Å²) in [7, 11) is -3.13. The Hall–Kier alpha value is -0.130. The molecule has 0 amide bonds. The van der Waals surface area contributed by atoms with Gasteiger partial charge in [-0.05, 0) is 32.6 Å². The van der Waals surface area contributed by atoms with Crippen LogP contribution < -0.4 is 4.72 Å². The summed E-state index contributed by atoms with van der Waals surface area (Å²) in [5.41, 5.74) is 0. The summed E-state index contributed by atoms with van der Waals surface area (Å²) in [6.45, 7) is 3.72. The summed E-state index contributed by atoms with van der Waals surface area (Å²) in [4.78, 5) is 0. The summed E-state index contributed by atoms with van der Waals surface area (Å²) in [5.74, 6) is 0.189. The summed E-state index contributed by atoms with van der Waals surface area (Å²) >= 11 is 0. The fourth-order valence-corrected chi connectivity index (χ4v) is 3.40. The zero-order chi connectivity index (χ0) is 10.1. The van der Waals surface area contributed by atoms with Crippen molar-refractivity contribution >= 4 is 10.0 Å². The van der Waals surface area contributed by atoms with E-state index in [-0.39, 0.29) is 23.8 Å². The minimum Gasteiger partial charge on any atom is -0.396 e. The largest absolute Gasteiger partial charge is 0.396 e. The third-order valence-electron chi connectivity index (χ3n) is 2.29.